The lowest BCUT2D eigenvalue weighted by Crippen LogP contribution is -2.54. The highest BCUT2D eigenvalue weighted by molar-refractivity contribution is 7.89. The Morgan fingerprint density at radius 2 is 1.95 bits per heavy atom. The van der Waals surface area contributed by atoms with E-state index in [9.17, 15) is 13.2 Å². The first kappa shape index (κ1) is 14.7. The van der Waals surface area contributed by atoms with Gasteiger partial charge in [0.2, 0.25) is 15.9 Å². The molecular weight excluding hydrogens is 266 g/mol. The normalized spacial score (nSPS) is 25.7. The van der Waals surface area contributed by atoms with Crippen molar-refractivity contribution in [3.8, 4) is 0 Å². The number of nitrogens with one attached hydrogen (secondary N) is 1. The molecular formula is C12H23N3O3S. The fourth-order valence-corrected chi connectivity index (χ4v) is 4.18. The molecule has 0 aromatic heterocycles. The largest absolute Gasteiger partial charge is 0.339 e. The van der Waals surface area contributed by atoms with Crippen molar-refractivity contribution in [2.45, 2.75) is 32.2 Å². The van der Waals surface area contributed by atoms with Gasteiger partial charge in [-0.25, -0.2) is 8.42 Å². The van der Waals surface area contributed by atoms with E-state index in [2.05, 4.69) is 5.32 Å². The number of amides is 1. The summed E-state index contributed by atoms with van der Waals surface area (Å²) in [5.74, 6) is 0.329. The quantitative estimate of drug-likeness (QED) is 0.766. The minimum atomic E-state index is -3.12. The Bertz CT molecular complexity index is 410. The molecule has 1 unspecified atom stereocenters. The van der Waals surface area contributed by atoms with Crippen LogP contribution in [0.15, 0.2) is 0 Å². The van der Waals surface area contributed by atoms with Crippen molar-refractivity contribution < 1.29 is 13.2 Å². The van der Waals surface area contributed by atoms with Crippen LogP contribution in [0.2, 0.25) is 0 Å². The Morgan fingerprint density at radius 3 is 2.47 bits per heavy atom. The zero-order valence-corrected chi connectivity index (χ0v) is 12.3. The first-order valence-electron chi connectivity index (χ1n) is 7.04. The summed E-state index contributed by atoms with van der Waals surface area (Å²) in [5.41, 5.74) is 0. The zero-order valence-electron chi connectivity index (χ0n) is 11.5. The highest BCUT2D eigenvalue weighted by Crippen LogP contribution is 2.13. The topological polar surface area (TPSA) is 69.7 Å². The molecule has 19 heavy (non-hydrogen) atoms. The van der Waals surface area contributed by atoms with E-state index in [1.54, 1.807) is 4.90 Å². The van der Waals surface area contributed by atoms with Crippen LogP contribution in [0.5, 0.6) is 0 Å². The second-order valence-electron chi connectivity index (χ2n) is 5.19. The summed E-state index contributed by atoms with van der Waals surface area (Å²) in [6, 6.07) is -0.0567. The molecule has 1 amide bonds. The maximum Gasteiger partial charge on any atom is 0.239 e. The Morgan fingerprint density at radius 1 is 1.26 bits per heavy atom. The summed E-state index contributed by atoms with van der Waals surface area (Å²) >= 11 is 0. The van der Waals surface area contributed by atoms with Gasteiger partial charge in [-0.1, -0.05) is 6.92 Å². The Hall–Kier alpha value is -0.660. The van der Waals surface area contributed by atoms with Crippen LogP contribution in [-0.4, -0.2) is 68.0 Å². The van der Waals surface area contributed by atoms with Crippen molar-refractivity contribution in [1.29, 1.82) is 0 Å². The van der Waals surface area contributed by atoms with Crippen molar-refractivity contribution in [2.75, 3.05) is 38.5 Å². The van der Waals surface area contributed by atoms with E-state index in [4.69, 9.17) is 0 Å². The molecule has 0 aromatic rings. The van der Waals surface area contributed by atoms with Crippen LogP contribution in [0.25, 0.3) is 0 Å². The number of sulfonamides is 1. The molecule has 0 aromatic carbocycles. The number of hydrogen-bond acceptors (Lipinski definition) is 4. The van der Waals surface area contributed by atoms with Gasteiger partial charge in [-0.2, -0.15) is 4.31 Å². The molecule has 2 fully saturated rings. The fourth-order valence-electron chi connectivity index (χ4n) is 2.69. The van der Waals surface area contributed by atoms with Gasteiger partial charge < -0.3 is 10.2 Å². The van der Waals surface area contributed by atoms with Gasteiger partial charge in [-0.15, -0.1) is 0 Å². The lowest BCUT2D eigenvalue weighted by molar-refractivity contribution is -0.134. The SMILES string of the molecule is CCCS(=O)(=O)N1CCN(C(=O)C2CCCN2)CC1. The monoisotopic (exact) mass is 289 g/mol. The molecule has 110 valence electrons. The summed E-state index contributed by atoms with van der Waals surface area (Å²) in [6.07, 6.45) is 2.57. The van der Waals surface area contributed by atoms with Crippen molar-refractivity contribution >= 4 is 15.9 Å². The molecule has 1 N–H and O–H groups in total. The minimum Gasteiger partial charge on any atom is -0.339 e. The van der Waals surface area contributed by atoms with Gasteiger partial charge in [-0.05, 0) is 25.8 Å². The van der Waals surface area contributed by atoms with E-state index >= 15 is 0 Å². The van der Waals surface area contributed by atoms with E-state index in [0.29, 0.717) is 32.6 Å². The summed E-state index contributed by atoms with van der Waals surface area (Å²) in [5, 5.41) is 3.19. The third kappa shape index (κ3) is 3.46. The molecule has 2 aliphatic heterocycles. The average Bonchev–Trinajstić information content (AvgIpc) is 2.92. The second kappa shape index (κ2) is 6.19. The summed E-state index contributed by atoms with van der Waals surface area (Å²) in [7, 11) is -3.12. The van der Waals surface area contributed by atoms with Crippen molar-refractivity contribution in [3.63, 3.8) is 0 Å². The minimum absolute atomic E-state index is 0.0567. The highest BCUT2D eigenvalue weighted by Gasteiger charge is 2.32. The smallest absolute Gasteiger partial charge is 0.239 e. The van der Waals surface area contributed by atoms with Gasteiger partial charge in [0.15, 0.2) is 0 Å². The Balaban J connectivity index is 1.87. The standard InChI is InChI=1S/C12H23N3O3S/c1-2-10-19(17,18)15-8-6-14(7-9-15)12(16)11-4-3-5-13-11/h11,13H,2-10H2,1H3. The summed E-state index contributed by atoms with van der Waals surface area (Å²) in [6.45, 7) is 4.66. The van der Waals surface area contributed by atoms with E-state index in [1.165, 1.54) is 4.31 Å². The zero-order chi connectivity index (χ0) is 13.9. The van der Waals surface area contributed by atoms with E-state index in [1.807, 2.05) is 6.92 Å². The number of nitrogens with zero attached hydrogens (tertiary/aromatic N) is 2. The van der Waals surface area contributed by atoms with Gasteiger partial charge in [0.1, 0.15) is 0 Å². The molecule has 0 aliphatic carbocycles. The van der Waals surface area contributed by atoms with Crippen LogP contribution in [-0.2, 0) is 14.8 Å². The van der Waals surface area contributed by atoms with Crippen molar-refractivity contribution in [1.82, 2.24) is 14.5 Å². The summed E-state index contributed by atoms with van der Waals surface area (Å²) < 4.78 is 25.4. The fraction of sp³-hybridized carbons (Fsp3) is 0.917. The van der Waals surface area contributed by atoms with Gasteiger partial charge in [-0.3, -0.25) is 4.79 Å². The first-order valence-corrected chi connectivity index (χ1v) is 8.65. The predicted molar refractivity (Wildman–Crippen MR) is 73.3 cm³/mol. The van der Waals surface area contributed by atoms with Crippen LogP contribution in [0.3, 0.4) is 0 Å². The maximum absolute atomic E-state index is 12.2. The van der Waals surface area contributed by atoms with E-state index < -0.39 is 10.0 Å². The predicted octanol–water partition coefficient (Wildman–Crippen LogP) is -0.378. The van der Waals surface area contributed by atoms with Crippen LogP contribution in [0, 0.1) is 0 Å². The summed E-state index contributed by atoms with van der Waals surface area (Å²) in [4.78, 5) is 14.0. The van der Waals surface area contributed by atoms with Gasteiger partial charge in [0, 0.05) is 26.2 Å². The third-order valence-electron chi connectivity index (χ3n) is 3.76. The molecule has 1 atom stereocenters. The molecule has 2 saturated heterocycles. The lowest BCUT2D eigenvalue weighted by atomic mass is 10.2. The van der Waals surface area contributed by atoms with Crippen molar-refractivity contribution in [2.24, 2.45) is 0 Å². The van der Waals surface area contributed by atoms with E-state index in [-0.39, 0.29) is 17.7 Å². The molecule has 0 radical (unpaired) electrons. The molecule has 2 aliphatic rings. The van der Waals surface area contributed by atoms with Gasteiger partial charge in [0.25, 0.3) is 0 Å². The highest BCUT2D eigenvalue weighted by atomic mass is 32.2. The van der Waals surface area contributed by atoms with Crippen molar-refractivity contribution in [3.05, 3.63) is 0 Å². The van der Waals surface area contributed by atoms with Crippen LogP contribution < -0.4 is 5.32 Å². The average molecular weight is 289 g/mol. The number of carbonyl (C=O) groups excluding carboxylic acids is 1. The van der Waals surface area contributed by atoms with Gasteiger partial charge >= 0.3 is 0 Å². The van der Waals surface area contributed by atoms with E-state index in [0.717, 1.165) is 19.4 Å². The maximum atomic E-state index is 12.2. The number of hydrogen-bond donors (Lipinski definition) is 1. The first-order chi connectivity index (χ1) is 9.04. The molecule has 2 heterocycles. The molecule has 7 heteroatoms. The lowest BCUT2D eigenvalue weighted by Gasteiger charge is -2.35. The van der Waals surface area contributed by atoms with Crippen LogP contribution in [0.1, 0.15) is 26.2 Å². The Kier molecular flexibility index (Phi) is 4.81. The molecule has 2 rings (SSSR count). The number of carbonyl (C=O) groups is 1. The second-order valence-corrected chi connectivity index (χ2v) is 7.28. The number of piperazine rings is 1. The third-order valence-corrected chi connectivity index (χ3v) is 5.84. The molecule has 0 saturated carbocycles. The molecule has 0 spiro atoms. The Labute approximate surface area is 115 Å². The molecule has 6 nitrogen and oxygen atoms in total. The van der Waals surface area contributed by atoms with Gasteiger partial charge in [0.05, 0.1) is 11.8 Å². The molecule has 0 bridgehead atoms. The number of rotatable bonds is 4. The van der Waals surface area contributed by atoms with Crippen LogP contribution in [0.4, 0.5) is 0 Å². The van der Waals surface area contributed by atoms with Crippen LogP contribution >= 0.6 is 0 Å².